The summed E-state index contributed by atoms with van der Waals surface area (Å²) in [5.41, 5.74) is 2.68. The Kier molecular flexibility index (Phi) is 5.49. The molecule has 2 atom stereocenters. The predicted molar refractivity (Wildman–Crippen MR) is 107 cm³/mol. The fourth-order valence-electron chi connectivity index (χ4n) is 3.51. The summed E-state index contributed by atoms with van der Waals surface area (Å²) in [5, 5.41) is 12.5. The number of nitrogens with zero attached hydrogens (tertiary/aromatic N) is 5. The lowest BCUT2D eigenvalue weighted by molar-refractivity contribution is -0.143. The summed E-state index contributed by atoms with van der Waals surface area (Å²) in [7, 11) is 0. The molecule has 10 heteroatoms. The third kappa shape index (κ3) is 4.04. The van der Waals surface area contributed by atoms with E-state index in [0.29, 0.717) is 30.6 Å². The van der Waals surface area contributed by atoms with Crippen molar-refractivity contribution in [1.82, 2.24) is 25.4 Å². The molecule has 0 radical (unpaired) electrons. The summed E-state index contributed by atoms with van der Waals surface area (Å²) in [6, 6.07) is 6.68. The number of ether oxygens (including phenoxy) is 1. The third-order valence-electron chi connectivity index (χ3n) is 5.12. The van der Waals surface area contributed by atoms with Crippen LogP contribution in [0, 0.1) is 13.8 Å². The molecule has 0 spiro atoms. The average molecular weight is 412 g/mol. The maximum absolute atomic E-state index is 12.9. The van der Waals surface area contributed by atoms with Crippen molar-refractivity contribution in [3.05, 3.63) is 47.1 Å². The number of benzene rings is 1. The summed E-state index contributed by atoms with van der Waals surface area (Å²) >= 11 is 0. The number of hydrogen-bond acceptors (Lipinski definition) is 7. The predicted octanol–water partition coefficient (Wildman–Crippen LogP) is 1.40. The van der Waals surface area contributed by atoms with Gasteiger partial charge in [-0.05, 0) is 26.3 Å². The van der Waals surface area contributed by atoms with Gasteiger partial charge in [-0.25, -0.2) is 9.80 Å². The maximum Gasteiger partial charge on any atom is 0.338 e. The molecule has 0 aliphatic carbocycles. The van der Waals surface area contributed by atoms with E-state index in [0.717, 1.165) is 11.1 Å². The molecule has 2 aliphatic rings. The Bertz CT molecular complexity index is 970. The molecule has 2 aliphatic heterocycles. The Labute approximate surface area is 173 Å². The van der Waals surface area contributed by atoms with E-state index in [1.807, 2.05) is 31.2 Å². The molecule has 3 amide bonds. The first kappa shape index (κ1) is 20.0. The van der Waals surface area contributed by atoms with Crippen molar-refractivity contribution in [3.63, 3.8) is 0 Å². The van der Waals surface area contributed by atoms with Crippen LogP contribution in [0.2, 0.25) is 0 Å². The van der Waals surface area contributed by atoms with E-state index in [9.17, 15) is 9.59 Å². The number of amides is 3. The van der Waals surface area contributed by atoms with Crippen LogP contribution in [0.25, 0.3) is 0 Å². The monoisotopic (exact) mass is 412 g/mol. The summed E-state index contributed by atoms with van der Waals surface area (Å²) in [5.74, 6) is 0.712. The number of nitrogens with one attached hydrogen (secondary N) is 1. The highest BCUT2D eigenvalue weighted by Crippen LogP contribution is 2.22. The largest absolute Gasteiger partial charge is 0.370 e. The second-order valence-corrected chi connectivity index (χ2v) is 7.44. The quantitative estimate of drug-likeness (QED) is 0.812. The van der Waals surface area contributed by atoms with Gasteiger partial charge in [0.25, 0.3) is 0 Å². The number of carbonyl (C=O) groups is 2. The second kappa shape index (κ2) is 8.23. The standard InChI is InChI=1S/C20H24N6O4/c1-12-4-6-15(7-5-12)18-16(25-8-9-29-11-17(25)27)10-26(23-18)20(28)21-13(2)19-22-14(3)24-30-19/h4-7,13,16H,8-11H2,1-3H3,(H,21,28)/t13-,16+/m1/s1. The minimum Gasteiger partial charge on any atom is -0.370 e. The van der Waals surface area contributed by atoms with E-state index in [4.69, 9.17) is 9.26 Å². The molecule has 0 unspecified atom stereocenters. The minimum atomic E-state index is -0.471. The van der Waals surface area contributed by atoms with Gasteiger partial charge in [0.2, 0.25) is 11.8 Å². The van der Waals surface area contributed by atoms with Crippen LogP contribution in [0.3, 0.4) is 0 Å². The number of aromatic nitrogens is 2. The van der Waals surface area contributed by atoms with Gasteiger partial charge in [-0.3, -0.25) is 4.79 Å². The van der Waals surface area contributed by atoms with E-state index in [1.165, 1.54) is 5.01 Å². The smallest absolute Gasteiger partial charge is 0.338 e. The molecule has 1 saturated heterocycles. The van der Waals surface area contributed by atoms with E-state index in [1.54, 1.807) is 18.7 Å². The second-order valence-electron chi connectivity index (χ2n) is 7.44. The highest BCUT2D eigenvalue weighted by atomic mass is 16.5. The first-order valence-corrected chi connectivity index (χ1v) is 9.83. The maximum atomic E-state index is 12.9. The molecular weight excluding hydrogens is 388 g/mol. The van der Waals surface area contributed by atoms with Crippen molar-refractivity contribution in [2.45, 2.75) is 32.9 Å². The molecule has 158 valence electrons. The van der Waals surface area contributed by atoms with Gasteiger partial charge in [0.1, 0.15) is 12.6 Å². The van der Waals surface area contributed by atoms with Crippen LogP contribution in [-0.4, -0.2) is 70.0 Å². The first-order valence-electron chi connectivity index (χ1n) is 9.83. The topological polar surface area (TPSA) is 113 Å². The lowest BCUT2D eigenvalue weighted by Crippen LogP contribution is -2.52. The SMILES string of the molecule is Cc1ccc(C2=NN(C(=O)N[C@H](C)c3nc(C)no3)C[C@@H]2N2CCOCC2=O)cc1. The number of urea groups is 1. The van der Waals surface area contributed by atoms with Gasteiger partial charge in [-0.1, -0.05) is 35.0 Å². The lowest BCUT2D eigenvalue weighted by Gasteiger charge is -2.32. The summed E-state index contributed by atoms with van der Waals surface area (Å²) in [6.45, 7) is 6.70. The number of carbonyl (C=O) groups excluding carboxylic acids is 2. The van der Waals surface area contributed by atoms with Crippen molar-refractivity contribution >= 4 is 17.6 Å². The van der Waals surface area contributed by atoms with Gasteiger partial charge in [0.15, 0.2) is 5.82 Å². The third-order valence-corrected chi connectivity index (χ3v) is 5.12. The van der Waals surface area contributed by atoms with Crippen molar-refractivity contribution < 1.29 is 18.8 Å². The van der Waals surface area contributed by atoms with Crippen molar-refractivity contribution in [1.29, 1.82) is 0 Å². The molecule has 3 heterocycles. The molecular formula is C20H24N6O4. The minimum absolute atomic E-state index is 0.0391. The molecule has 1 fully saturated rings. The van der Waals surface area contributed by atoms with Crippen LogP contribution in [-0.2, 0) is 9.53 Å². The fraction of sp³-hybridized carbons (Fsp3) is 0.450. The average Bonchev–Trinajstić information content (AvgIpc) is 3.36. The molecule has 0 saturated carbocycles. The molecule has 1 aromatic heterocycles. The van der Waals surface area contributed by atoms with E-state index >= 15 is 0 Å². The highest BCUT2D eigenvalue weighted by Gasteiger charge is 2.38. The zero-order valence-corrected chi connectivity index (χ0v) is 17.2. The fourth-order valence-corrected chi connectivity index (χ4v) is 3.51. The normalized spacial score (nSPS) is 20.3. The van der Waals surface area contributed by atoms with Gasteiger partial charge in [0.05, 0.1) is 24.9 Å². The van der Waals surface area contributed by atoms with Crippen molar-refractivity contribution in [2.24, 2.45) is 5.10 Å². The Balaban J connectivity index is 1.56. The molecule has 4 rings (SSSR count). The van der Waals surface area contributed by atoms with Gasteiger partial charge in [-0.15, -0.1) is 0 Å². The highest BCUT2D eigenvalue weighted by molar-refractivity contribution is 6.08. The van der Waals surface area contributed by atoms with Crippen LogP contribution in [0.1, 0.15) is 35.8 Å². The van der Waals surface area contributed by atoms with Crippen LogP contribution >= 0.6 is 0 Å². The molecule has 2 aromatic rings. The lowest BCUT2D eigenvalue weighted by atomic mass is 10.0. The van der Waals surface area contributed by atoms with E-state index < -0.39 is 12.1 Å². The molecule has 10 nitrogen and oxygen atoms in total. The van der Waals surface area contributed by atoms with E-state index in [-0.39, 0.29) is 25.1 Å². The van der Waals surface area contributed by atoms with Crippen LogP contribution in [0.15, 0.2) is 33.9 Å². The summed E-state index contributed by atoms with van der Waals surface area (Å²) in [4.78, 5) is 31.2. The van der Waals surface area contributed by atoms with Crippen LogP contribution in [0.5, 0.6) is 0 Å². The van der Waals surface area contributed by atoms with Gasteiger partial charge >= 0.3 is 6.03 Å². The molecule has 30 heavy (non-hydrogen) atoms. The Hall–Kier alpha value is -3.27. The van der Waals surface area contributed by atoms with E-state index in [2.05, 4.69) is 20.6 Å². The molecule has 1 aromatic carbocycles. The zero-order chi connectivity index (χ0) is 21.3. The number of hydrogen-bond donors (Lipinski definition) is 1. The van der Waals surface area contributed by atoms with Crippen LogP contribution < -0.4 is 5.32 Å². The number of rotatable bonds is 4. The van der Waals surface area contributed by atoms with Crippen LogP contribution in [0.4, 0.5) is 4.79 Å². The summed E-state index contributed by atoms with van der Waals surface area (Å²) < 4.78 is 10.4. The molecule has 1 N–H and O–H groups in total. The number of hydrazone groups is 1. The summed E-state index contributed by atoms with van der Waals surface area (Å²) in [6.07, 6.45) is 0. The Morgan fingerprint density at radius 3 is 2.70 bits per heavy atom. The van der Waals surface area contributed by atoms with Gasteiger partial charge in [-0.2, -0.15) is 10.1 Å². The molecule has 0 bridgehead atoms. The Morgan fingerprint density at radius 1 is 1.27 bits per heavy atom. The van der Waals surface area contributed by atoms with Gasteiger partial charge in [0, 0.05) is 6.54 Å². The van der Waals surface area contributed by atoms with Crippen molar-refractivity contribution in [2.75, 3.05) is 26.3 Å². The van der Waals surface area contributed by atoms with Gasteiger partial charge < -0.3 is 19.5 Å². The number of aryl methyl sites for hydroxylation is 2. The van der Waals surface area contributed by atoms with Crippen molar-refractivity contribution in [3.8, 4) is 0 Å². The first-order chi connectivity index (χ1) is 14.4. The Morgan fingerprint density at radius 2 is 2.03 bits per heavy atom. The zero-order valence-electron chi connectivity index (χ0n) is 17.2. The number of morpholine rings is 1.